The first kappa shape index (κ1) is 17.9. The minimum absolute atomic E-state index is 0.438. The van der Waals surface area contributed by atoms with E-state index in [1.54, 1.807) is 6.20 Å². The van der Waals surface area contributed by atoms with Crippen LogP contribution in [0.25, 0.3) is 0 Å². The molecule has 6 heteroatoms. The maximum atomic E-state index is 4.54. The van der Waals surface area contributed by atoms with Gasteiger partial charge < -0.3 is 4.57 Å². The van der Waals surface area contributed by atoms with Crippen molar-refractivity contribution in [2.75, 3.05) is 13.1 Å². The number of benzene rings is 1. The largest absolute Gasteiger partial charge is 0.316 e. The van der Waals surface area contributed by atoms with Gasteiger partial charge in [0.25, 0.3) is 0 Å². The SMILES string of the molecule is Cc1ccc(C)c(CN2CCC[C@@H](c3nnc(Cn4cccn4)n3C)C2)c1. The zero-order valence-electron chi connectivity index (χ0n) is 16.5. The summed E-state index contributed by atoms with van der Waals surface area (Å²) in [7, 11) is 2.08. The average Bonchev–Trinajstić information content (AvgIpc) is 3.29. The first-order valence-electron chi connectivity index (χ1n) is 9.74. The predicted octanol–water partition coefficient (Wildman–Crippen LogP) is 3.06. The number of hydrogen-bond acceptors (Lipinski definition) is 4. The fourth-order valence-corrected chi connectivity index (χ4v) is 4.03. The first-order chi connectivity index (χ1) is 13.1. The van der Waals surface area contributed by atoms with E-state index in [1.807, 2.05) is 16.9 Å². The van der Waals surface area contributed by atoms with Gasteiger partial charge in [0.1, 0.15) is 12.4 Å². The summed E-state index contributed by atoms with van der Waals surface area (Å²) in [5.74, 6) is 2.50. The quantitative estimate of drug-likeness (QED) is 0.698. The number of aromatic nitrogens is 5. The van der Waals surface area contributed by atoms with E-state index in [0.29, 0.717) is 12.5 Å². The van der Waals surface area contributed by atoms with Crippen molar-refractivity contribution in [1.29, 1.82) is 0 Å². The van der Waals surface area contributed by atoms with Crippen LogP contribution in [0.5, 0.6) is 0 Å². The van der Waals surface area contributed by atoms with Crippen molar-refractivity contribution in [3.63, 3.8) is 0 Å². The molecule has 0 unspecified atom stereocenters. The van der Waals surface area contributed by atoms with Crippen molar-refractivity contribution in [2.45, 2.75) is 45.7 Å². The van der Waals surface area contributed by atoms with Gasteiger partial charge in [-0.3, -0.25) is 9.58 Å². The molecule has 0 N–H and O–H groups in total. The third-order valence-electron chi connectivity index (χ3n) is 5.63. The lowest BCUT2D eigenvalue weighted by atomic mass is 9.96. The summed E-state index contributed by atoms with van der Waals surface area (Å²) in [5, 5.41) is 13.2. The molecule has 0 aliphatic carbocycles. The van der Waals surface area contributed by atoms with Crippen LogP contribution in [0.2, 0.25) is 0 Å². The van der Waals surface area contributed by atoms with Gasteiger partial charge >= 0.3 is 0 Å². The maximum Gasteiger partial charge on any atom is 0.154 e. The minimum atomic E-state index is 0.438. The lowest BCUT2D eigenvalue weighted by molar-refractivity contribution is 0.194. The van der Waals surface area contributed by atoms with Gasteiger partial charge in [0.05, 0.1) is 0 Å². The molecule has 1 saturated heterocycles. The zero-order valence-corrected chi connectivity index (χ0v) is 16.5. The van der Waals surface area contributed by atoms with Crippen molar-refractivity contribution in [3.8, 4) is 0 Å². The predicted molar refractivity (Wildman–Crippen MR) is 106 cm³/mol. The van der Waals surface area contributed by atoms with Gasteiger partial charge in [-0.15, -0.1) is 10.2 Å². The number of piperidine rings is 1. The van der Waals surface area contributed by atoms with Gasteiger partial charge in [-0.2, -0.15) is 5.10 Å². The molecule has 6 nitrogen and oxygen atoms in total. The third-order valence-corrected chi connectivity index (χ3v) is 5.63. The van der Waals surface area contributed by atoms with E-state index < -0.39 is 0 Å². The van der Waals surface area contributed by atoms with Gasteiger partial charge in [-0.1, -0.05) is 23.8 Å². The van der Waals surface area contributed by atoms with Crippen molar-refractivity contribution >= 4 is 0 Å². The van der Waals surface area contributed by atoms with Crippen molar-refractivity contribution in [2.24, 2.45) is 7.05 Å². The lowest BCUT2D eigenvalue weighted by Crippen LogP contribution is -2.35. The van der Waals surface area contributed by atoms with Crippen LogP contribution in [0, 0.1) is 13.8 Å². The summed E-state index contributed by atoms with van der Waals surface area (Å²) in [5.41, 5.74) is 4.15. The van der Waals surface area contributed by atoms with Crippen LogP contribution in [0.4, 0.5) is 0 Å². The van der Waals surface area contributed by atoms with E-state index >= 15 is 0 Å². The number of nitrogens with zero attached hydrogens (tertiary/aromatic N) is 6. The van der Waals surface area contributed by atoms with Crippen molar-refractivity contribution < 1.29 is 0 Å². The molecular weight excluding hydrogens is 336 g/mol. The molecule has 0 radical (unpaired) electrons. The van der Waals surface area contributed by atoms with E-state index in [2.05, 4.69) is 63.9 Å². The summed E-state index contributed by atoms with van der Waals surface area (Å²) < 4.78 is 4.05. The van der Waals surface area contributed by atoms with Crippen molar-refractivity contribution in [1.82, 2.24) is 29.4 Å². The molecule has 1 aliphatic heterocycles. The highest BCUT2D eigenvalue weighted by molar-refractivity contribution is 5.30. The van der Waals surface area contributed by atoms with E-state index in [0.717, 1.165) is 31.3 Å². The van der Waals surface area contributed by atoms with E-state index in [4.69, 9.17) is 0 Å². The van der Waals surface area contributed by atoms with Crippen LogP contribution in [-0.4, -0.2) is 42.5 Å². The van der Waals surface area contributed by atoms with Crippen LogP contribution >= 0.6 is 0 Å². The fraction of sp³-hybridized carbons (Fsp3) is 0.476. The molecular formula is C21H28N6. The second-order valence-corrected chi connectivity index (χ2v) is 7.74. The topological polar surface area (TPSA) is 51.8 Å². The summed E-state index contributed by atoms with van der Waals surface area (Å²) in [6.45, 7) is 8.25. The van der Waals surface area contributed by atoms with E-state index in [1.165, 1.54) is 29.5 Å². The van der Waals surface area contributed by atoms with Gasteiger partial charge in [0, 0.05) is 38.4 Å². The van der Waals surface area contributed by atoms with Gasteiger partial charge in [-0.05, 0) is 50.4 Å². The van der Waals surface area contributed by atoms with Crippen LogP contribution in [-0.2, 0) is 20.1 Å². The van der Waals surface area contributed by atoms with Gasteiger partial charge in [0.2, 0.25) is 0 Å². The smallest absolute Gasteiger partial charge is 0.154 e. The van der Waals surface area contributed by atoms with Gasteiger partial charge in [0.15, 0.2) is 5.82 Å². The molecule has 2 aromatic heterocycles. The first-order valence-corrected chi connectivity index (χ1v) is 9.74. The highest BCUT2D eigenvalue weighted by Crippen LogP contribution is 2.27. The number of rotatable bonds is 5. The zero-order chi connectivity index (χ0) is 18.8. The molecule has 3 heterocycles. The Labute approximate surface area is 160 Å². The summed E-state index contributed by atoms with van der Waals surface area (Å²) in [4.78, 5) is 2.57. The number of likely N-dealkylation sites (tertiary alicyclic amines) is 1. The molecule has 27 heavy (non-hydrogen) atoms. The number of aryl methyl sites for hydroxylation is 2. The Hall–Kier alpha value is -2.47. The Morgan fingerprint density at radius 1 is 1.15 bits per heavy atom. The second-order valence-electron chi connectivity index (χ2n) is 7.74. The minimum Gasteiger partial charge on any atom is -0.316 e. The monoisotopic (exact) mass is 364 g/mol. The Morgan fingerprint density at radius 3 is 2.85 bits per heavy atom. The Balaban J connectivity index is 1.47. The van der Waals surface area contributed by atoms with Crippen LogP contribution in [0.1, 0.15) is 47.1 Å². The average molecular weight is 364 g/mol. The molecule has 1 aliphatic rings. The molecule has 0 amide bonds. The molecule has 3 aromatic rings. The molecule has 0 saturated carbocycles. The second kappa shape index (κ2) is 7.64. The highest BCUT2D eigenvalue weighted by Gasteiger charge is 2.26. The lowest BCUT2D eigenvalue weighted by Gasteiger charge is -2.32. The molecule has 1 atom stereocenters. The van der Waals surface area contributed by atoms with Gasteiger partial charge in [-0.25, -0.2) is 0 Å². The highest BCUT2D eigenvalue weighted by atomic mass is 15.3. The molecule has 4 rings (SSSR count). The van der Waals surface area contributed by atoms with E-state index in [-0.39, 0.29) is 0 Å². The van der Waals surface area contributed by atoms with E-state index in [9.17, 15) is 0 Å². The maximum absolute atomic E-state index is 4.54. The fourth-order valence-electron chi connectivity index (χ4n) is 4.03. The summed E-state index contributed by atoms with van der Waals surface area (Å²) in [6.07, 6.45) is 6.14. The normalized spacial score (nSPS) is 18.1. The molecule has 0 spiro atoms. The Kier molecular flexibility index (Phi) is 5.07. The molecule has 1 fully saturated rings. The Bertz CT molecular complexity index is 896. The number of hydrogen-bond donors (Lipinski definition) is 0. The van der Waals surface area contributed by atoms with Crippen LogP contribution in [0.3, 0.4) is 0 Å². The third kappa shape index (κ3) is 3.95. The standard InChI is InChI=1S/C21H28N6/c1-16-7-8-17(2)19(12-16)14-26-10-4-6-18(13-26)21-24-23-20(25(21)3)15-27-11-5-9-22-27/h5,7-9,11-12,18H,4,6,10,13-15H2,1-3H3/t18-/m1/s1. The van der Waals surface area contributed by atoms with Crippen LogP contribution < -0.4 is 0 Å². The molecule has 142 valence electrons. The summed E-state index contributed by atoms with van der Waals surface area (Å²) in [6, 6.07) is 8.68. The Morgan fingerprint density at radius 2 is 2.04 bits per heavy atom. The van der Waals surface area contributed by atoms with Crippen LogP contribution in [0.15, 0.2) is 36.7 Å². The molecule has 1 aromatic carbocycles. The molecule has 0 bridgehead atoms. The van der Waals surface area contributed by atoms with Crippen molar-refractivity contribution in [3.05, 3.63) is 65.0 Å². The summed E-state index contributed by atoms with van der Waals surface area (Å²) >= 11 is 0.